The molecule has 142 valence electrons. The fraction of sp³-hybridized carbons (Fsp3) is 0.529. The minimum Gasteiger partial charge on any atom is -0.313 e. The van der Waals surface area contributed by atoms with Crippen molar-refractivity contribution in [2.45, 2.75) is 49.5 Å². The summed E-state index contributed by atoms with van der Waals surface area (Å²) in [7, 11) is -3.72. The molecule has 0 amide bonds. The predicted octanol–water partition coefficient (Wildman–Crippen LogP) is 0.807. The highest BCUT2D eigenvalue weighted by molar-refractivity contribution is 7.89. The number of hydrogen-bond donors (Lipinski definition) is 4. The number of aromatic nitrogens is 2. The Morgan fingerprint density at radius 2 is 1.73 bits per heavy atom. The number of sulfonamides is 1. The third-order valence-electron chi connectivity index (χ3n) is 4.73. The first-order valence-electron chi connectivity index (χ1n) is 8.95. The molecule has 26 heavy (non-hydrogen) atoms. The summed E-state index contributed by atoms with van der Waals surface area (Å²) in [6.45, 7) is 0.838. The number of nitrogens with one attached hydrogen (secondary N) is 4. The second kappa shape index (κ2) is 8.15. The van der Waals surface area contributed by atoms with E-state index in [1.54, 1.807) is 0 Å². The van der Waals surface area contributed by atoms with Gasteiger partial charge in [0.1, 0.15) is 0 Å². The van der Waals surface area contributed by atoms with Crippen LogP contribution in [0, 0.1) is 0 Å². The van der Waals surface area contributed by atoms with Gasteiger partial charge in [-0.3, -0.25) is 9.78 Å². The summed E-state index contributed by atoms with van der Waals surface area (Å²) in [6.07, 6.45) is 7.26. The number of rotatable bonds is 6. The lowest BCUT2D eigenvalue weighted by Crippen LogP contribution is -2.36. The maximum atomic E-state index is 12.4. The van der Waals surface area contributed by atoms with Crippen molar-refractivity contribution in [1.82, 2.24) is 20.0 Å². The standard InChI is InChI=1S/C17H24N4O4S/c22-16-14-11-13(7-8-15(14)20-17(23)21-16)26(24,25)19-10-9-18-12-5-3-1-2-4-6-12/h7-8,11-12,18-19H,1-6,9-10H2,(H2,20,21,22,23). The molecule has 0 aliphatic heterocycles. The summed E-state index contributed by atoms with van der Waals surface area (Å²) < 4.78 is 27.4. The molecule has 1 aromatic carbocycles. The molecular weight excluding hydrogens is 356 g/mol. The van der Waals surface area contributed by atoms with Crippen molar-refractivity contribution < 1.29 is 8.42 Å². The zero-order chi connectivity index (χ0) is 18.6. The smallest absolute Gasteiger partial charge is 0.313 e. The van der Waals surface area contributed by atoms with Gasteiger partial charge in [0.2, 0.25) is 10.0 Å². The summed E-state index contributed by atoms with van der Waals surface area (Å²) in [5.74, 6) is 0. The predicted molar refractivity (Wildman–Crippen MR) is 99.9 cm³/mol. The number of fused-ring (bicyclic) bond motifs is 1. The van der Waals surface area contributed by atoms with Crippen molar-refractivity contribution in [3.63, 3.8) is 0 Å². The van der Waals surface area contributed by atoms with E-state index in [1.807, 2.05) is 0 Å². The number of H-pyrrole nitrogens is 2. The third-order valence-corrected chi connectivity index (χ3v) is 6.19. The van der Waals surface area contributed by atoms with Crippen LogP contribution in [0.15, 0.2) is 32.7 Å². The van der Waals surface area contributed by atoms with Gasteiger partial charge in [-0.2, -0.15) is 0 Å². The van der Waals surface area contributed by atoms with Gasteiger partial charge in [-0.25, -0.2) is 17.9 Å². The molecule has 0 unspecified atom stereocenters. The molecule has 1 aliphatic carbocycles. The third kappa shape index (κ3) is 4.60. The van der Waals surface area contributed by atoms with Crippen LogP contribution in [0.2, 0.25) is 0 Å². The Labute approximate surface area is 151 Å². The van der Waals surface area contributed by atoms with Crippen molar-refractivity contribution in [2.24, 2.45) is 0 Å². The molecule has 0 atom stereocenters. The quantitative estimate of drug-likeness (QED) is 0.436. The average Bonchev–Trinajstić information content (AvgIpc) is 2.87. The lowest BCUT2D eigenvalue weighted by Gasteiger charge is -2.16. The first-order chi connectivity index (χ1) is 12.5. The first-order valence-corrected chi connectivity index (χ1v) is 10.4. The zero-order valence-corrected chi connectivity index (χ0v) is 15.3. The highest BCUT2D eigenvalue weighted by Crippen LogP contribution is 2.17. The molecule has 4 N–H and O–H groups in total. The summed E-state index contributed by atoms with van der Waals surface area (Å²) in [5, 5.41) is 3.54. The van der Waals surface area contributed by atoms with Gasteiger partial charge in [-0.05, 0) is 31.0 Å². The van der Waals surface area contributed by atoms with Crippen molar-refractivity contribution in [3.05, 3.63) is 39.0 Å². The number of benzene rings is 1. The minimum absolute atomic E-state index is 0.00276. The molecule has 1 fully saturated rings. The van der Waals surface area contributed by atoms with E-state index in [-0.39, 0.29) is 16.8 Å². The molecule has 9 heteroatoms. The Kier molecular flexibility index (Phi) is 5.90. The fourth-order valence-electron chi connectivity index (χ4n) is 3.34. The summed E-state index contributed by atoms with van der Waals surface area (Å²) in [5.41, 5.74) is -0.940. The Morgan fingerprint density at radius 3 is 2.46 bits per heavy atom. The molecule has 8 nitrogen and oxygen atoms in total. The van der Waals surface area contributed by atoms with Crippen LogP contribution in [0.1, 0.15) is 38.5 Å². The summed E-state index contributed by atoms with van der Waals surface area (Å²) in [4.78, 5) is 27.7. The Bertz CT molecular complexity index is 972. The molecule has 1 aromatic heterocycles. The van der Waals surface area contributed by atoms with Crippen molar-refractivity contribution in [2.75, 3.05) is 13.1 Å². The highest BCUT2D eigenvalue weighted by atomic mass is 32.2. The van der Waals surface area contributed by atoms with Gasteiger partial charge in [0.05, 0.1) is 15.8 Å². The molecular formula is C17H24N4O4S. The maximum absolute atomic E-state index is 12.4. The molecule has 1 aliphatic rings. The van der Waals surface area contributed by atoms with Gasteiger partial charge < -0.3 is 10.3 Å². The van der Waals surface area contributed by atoms with E-state index < -0.39 is 21.3 Å². The molecule has 1 heterocycles. The normalized spacial score (nSPS) is 16.6. The van der Waals surface area contributed by atoms with Gasteiger partial charge >= 0.3 is 5.69 Å². The molecule has 1 saturated carbocycles. The second-order valence-corrected chi connectivity index (χ2v) is 8.42. The minimum atomic E-state index is -3.72. The van der Waals surface area contributed by atoms with Gasteiger partial charge in [0.15, 0.2) is 0 Å². The van der Waals surface area contributed by atoms with Crippen LogP contribution in [0.25, 0.3) is 10.9 Å². The Morgan fingerprint density at radius 1 is 1.00 bits per heavy atom. The Balaban J connectivity index is 1.63. The number of hydrogen-bond acceptors (Lipinski definition) is 5. The highest BCUT2D eigenvalue weighted by Gasteiger charge is 2.16. The van der Waals surface area contributed by atoms with E-state index in [0.717, 1.165) is 12.8 Å². The lowest BCUT2D eigenvalue weighted by molar-refractivity contribution is 0.461. The van der Waals surface area contributed by atoms with E-state index in [1.165, 1.54) is 43.9 Å². The summed E-state index contributed by atoms with van der Waals surface area (Å²) in [6, 6.07) is 4.52. The van der Waals surface area contributed by atoms with Crippen LogP contribution in [-0.4, -0.2) is 37.5 Å². The first kappa shape index (κ1) is 18.8. The van der Waals surface area contributed by atoms with Crippen LogP contribution in [-0.2, 0) is 10.0 Å². The average molecular weight is 380 g/mol. The number of aromatic amines is 2. The van der Waals surface area contributed by atoms with Crippen LogP contribution in [0.5, 0.6) is 0 Å². The molecule has 0 saturated heterocycles. The largest absolute Gasteiger partial charge is 0.326 e. The van der Waals surface area contributed by atoms with E-state index in [2.05, 4.69) is 20.0 Å². The van der Waals surface area contributed by atoms with Crippen LogP contribution in [0.4, 0.5) is 0 Å². The van der Waals surface area contributed by atoms with E-state index in [0.29, 0.717) is 18.1 Å². The van der Waals surface area contributed by atoms with Gasteiger partial charge in [-0.1, -0.05) is 25.7 Å². The van der Waals surface area contributed by atoms with Gasteiger partial charge in [0, 0.05) is 19.1 Å². The molecule has 0 spiro atoms. The van der Waals surface area contributed by atoms with Crippen molar-refractivity contribution in [3.8, 4) is 0 Å². The molecule has 2 aromatic rings. The molecule has 3 rings (SSSR count). The lowest BCUT2D eigenvalue weighted by atomic mass is 10.1. The van der Waals surface area contributed by atoms with E-state index in [9.17, 15) is 18.0 Å². The fourth-order valence-corrected chi connectivity index (χ4v) is 4.40. The van der Waals surface area contributed by atoms with Crippen molar-refractivity contribution >= 4 is 20.9 Å². The van der Waals surface area contributed by atoms with Gasteiger partial charge in [-0.15, -0.1) is 0 Å². The maximum Gasteiger partial charge on any atom is 0.326 e. The van der Waals surface area contributed by atoms with E-state index >= 15 is 0 Å². The van der Waals surface area contributed by atoms with Crippen LogP contribution in [0.3, 0.4) is 0 Å². The Hall–Kier alpha value is -1.97. The topological polar surface area (TPSA) is 124 Å². The van der Waals surface area contributed by atoms with Crippen LogP contribution >= 0.6 is 0 Å². The van der Waals surface area contributed by atoms with Crippen LogP contribution < -0.4 is 21.3 Å². The zero-order valence-electron chi connectivity index (χ0n) is 14.5. The molecule has 0 radical (unpaired) electrons. The van der Waals surface area contributed by atoms with Gasteiger partial charge in [0.25, 0.3) is 5.56 Å². The van der Waals surface area contributed by atoms with Crippen molar-refractivity contribution in [1.29, 1.82) is 0 Å². The summed E-state index contributed by atoms with van der Waals surface area (Å²) >= 11 is 0. The second-order valence-electron chi connectivity index (χ2n) is 6.66. The SMILES string of the molecule is O=c1[nH]c(=O)c2cc(S(=O)(=O)NCCNC3CCCCCC3)ccc2[nH]1. The monoisotopic (exact) mass is 380 g/mol. The van der Waals surface area contributed by atoms with E-state index in [4.69, 9.17) is 0 Å². The molecule has 0 bridgehead atoms.